The number of nitrogens with one attached hydrogen (secondary N) is 1. The lowest BCUT2D eigenvalue weighted by atomic mass is 10.0. The van der Waals surface area contributed by atoms with Crippen molar-refractivity contribution in [1.82, 2.24) is 15.0 Å². The van der Waals surface area contributed by atoms with Gasteiger partial charge in [0.05, 0.1) is 6.61 Å². The van der Waals surface area contributed by atoms with Gasteiger partial charge in [-0.05, 0) is 47.5 Å². The van der Waals surface area contributed by atoms with Crippen LogP contribution in [0.4, 0.5) is 14.6 Å². The molecule has 0 radical (unpaired) electrons. The third-order valence-electron chi connectivity index (χ3n) is 4.93. The fraction of sp³-hybridized carbons (Fsp3) is 0.208. The van der Waals surface area contributed by atoms with E-state index in [1.807, 2.05) is 18.2 Å². The van der Waals surface area contributed by atoms with Gasteiger partial charge in [0.2, 0.25) is 0 Å². The van der Waals surface area contributed by atoms with Gasteiger partial charge < -0.3 is 14.8 Å². The molecule has 0 aliphatic heterocycles. The molecule has 0 unspecified atom stereocenters. The van der Waals surface area contributed by atoms with Gasteiger partial charge in [0.25, 0.3) is 0 Å². The number of methoxy groups -OCH3 is 1. The molecule has 32 heavy (non-hydrogen) atoms. The summed E-state index contributed by atoms with van der Waals surface area (Å²) in [7, 11) is 3.39. The molecule has 0 amide bonds. The monoisotopic (exact) mass is 436 g/mol. The maximum Gasteiger partial charge on any atom is 0.163 e. The molecular weight excluding hydrogens is 414 g/mol. The highest BCUT2D eigenvalue weighted by molar-refractivity contribution is 5.97. The lowest BCUT2D eigenvalue weighted by molar-refractivity contribution is 0.172. The summed E-state index contributed by atoms with van der Waals surface area (Å²) in [6.45, 7) is 0.962. The second-order valence-electron chi connectivity index (χ2n) is 7.08. The molecule has 0 spiro atoms. The number of ether oxygens (including phenoxy) is 2. The smallest absolute Gasteiger partial charge is 0.163 e. The van der Waals surface area contributed by atoms with Gasteiger partial charge in [-0.25, -0.2) is 18.7 Å². The molecule has 0 aliphatic rings. The summed E-state index contributed by atoms with van der Waals surface area (Å²) in [5.41, 5.74) is 2.55. The molecule has 8 heteroatoms. The number of fused-ring (bicyclic) bond motifs is 1. The molecule has 0 atom stereocenters. The normalized spacial score (nSPS) is 11.0. The van der Waals surface area contributed by atoms with Crippen LogP contribution < -0.4 is 10.1 Å². The molecular formula is C24H22F2N4O2. The standard InChI is InChI=1S/C24H22F2N4O2/c1-27-24-18-11-17(15-6-7-19(25)20(26)12-15)13-21(32-10-4-9-31-2)22(18)29-23(30-24)16-5-3-8-28-14-16/h3,5-8,11-14H,4,9-10H2,1-2H3,(H,27,29,30). The van der Waals surface area contributed by atoms with E-state index in [4.69, 9.17) is 14.5 Å². The van der Waals surface area contributed by atoms with Gasteiger partial charge in [-0.2, -0.15) is 0 Å². The highest BCUT2D eigenvalue weighted by Gasteiger charge is 2.16. The lowest BCUT2D eigenvalue weighted by Gasteiger charge is -2.15. The van der Waals surface area contributed by atoms with Gasteiger partial charge in [-0.1, -0.05) is 6.07 Å². The molecule has 2 aromatic heterocycles. The van der Waals surface area contributed by atoms with Crippen LogP contribution in [0.15, 0.2) is 54.9 Å². The van der Waals surface area contributed by atoms with Crippen molar-refractivity contribution >= 4 is 16.7 Å². The summed E-state index contributed by atoms with van der Waals surface area (Å²) in [4.78, 5) is 13.5. The largest absolute Gasteiger partial charge is 0.491 e. The average Bonchev–Trinajstić information content (AvgIpc) is 2.83. The number of hydrogen-bond donors (Lipinski definition) is 1. The minimum Gasteiger partial charge on any atom is -0.491 e. The fourth-order valence-electron chi connectivity index (χ4n) is 3.35. The van der Waals surface area contributed by atoms with Crippen LogP contribution >= 0.6 is 0 Å². The van der Waals surface area contributed by atoms with E-state index in [9.17, 15) is 8.78 Å². The topological polar surface area (TPSA) is 69.2 Å². The van der Waals surface area contributed by atoms with Gasteiger partial charge in [0.15, 0.2) is 17.5 Å². The summed E-state index contributed by atoms with van der Waals surface area (Å²) in [6, 6.07) is 11.1. The first-order chi connectivity index (χ1) is 15.6. The summed E-state index contributed by atoms with van der Waals surface area (Å²) < 4.78 is 38.5. The zero-order valence-corrected chi connectivity index (χ0v) is 17.7. The predicted molar refractivity (Wildman–Crippen MR) is 120 cm³/mol. The summed E-state index contributed by atoms with van der Waals surface area (Å²) >= 11 is 0. The maximum atomic E-state index is 13.9. The van der Waals surface area contributed by atoms with E-state index in [-0.39, 0.29) is 0 Å². The Bertz CT molecular complexity index is 1240. The second kappa shape index (κ2) is 9.65. The summed E-state index contributed by atoms with van der Waals surface area (Å²) in [6.07, 6.45) is 4.06. The first-order valence-electron chi connectivity index (χ1n) is 10.1. The fourth-order valence-corrected chi connectivity index (χ4v) is 3.35. The van der Waals surface area contributed by atoms with Crippen LogP contribution in [0.3, 0.4) is 0 Å². The number of benzene rings is 2. The highest BCUT2D eigenvalue weighted by Crippen LogP contribution is 2.36. The Morgan fingerprint density at radius 1 is 0.938 bits per heavy atom. The van der Waals surface area contributed by atoms with Crippen LogP contribution in [-0.2, 0) is 4.74 Å². The average molecular weight is 436 g/mol. The molecule has 0 bridgehead atoms. The number of hydrogen-bond acceptors (Lipinski definition) is 6. The van der Waals surface area contributed by atoms with Crippen LogP contribution in [0.5, 0.6) is 5.75 Å². The van der Waals surface area contributed by atoms with Gasteiger partial charge >= 0.3 is 0 Å². The first-order valence-corrected chi connectivity index (χ1v) is 10.1. The second-order valence-corrected chi connectivity index (χ2v) is 7.08. The van der Waals surface area contributed by atoms with Crippen molar-refractivity contribution in [2.75, 3.05) is 32.7 Å². The maximum absolute atomic E-state index is 13.9. The van der Waals surface area contributed by atoms with Crippen molar-refractivity contribution in [2.45, 2.75) is 6.42 Å². The number of halogens is 2. The third kappa shape index (κ3) is 4.50. The van der Waals surface area contributed by atoms with E-state index < -0.39 is 11.6 Å². The van der Waals surface area contributed by atoms with Crippen molar-refractivity contribution in [3.8, 4) is 28.3 Å². The quantitative estimate of drug-likeness (QED) is 0.388. The SMILES string of the molecule is CNc1nc(-c2cccnc2)nc2c(OCCCOC)cc(-c3ccc(F)c(F)c3)cc12. The molecule has 0 fully saturated rings. The van der Waals surface area contributed by atoms with Crippen molar-refractivity contribution < 1.29 is 18.3 Å². The number of anilines is 1. The van der Waals surface area contributed by atoms with Crippen LogP contribution in [0, 0.1) is 11.6 Å². The lowest BCUT2D eigenvalue weighted by Crippen LogP contribution is -2.05. The molecule has 6 nitrogen and oxygen atoms in total. The van der Waals surface area contributed by atoms with Crippen LogP contribution in [0.2, 0.25) is 0 Å². The van der Waals surface area contributed by atoms with E-state index in [0.717, 1.165) is 17.7 Å². The van der Waals surface area contributed by atoms with Crippen molar-refractivity contribution in [1.29, 1.82) is 0 Å². The minimum absolute atomic E-state index is 0.408. The Hall–Kier alpha value is -3.65. The first kappa shape index (κ1) is 21.6. The van der Waals surface area contributed by atoms with E-state index in [1.165, 1.54) is 6.07 Å². The number of pyridine rings is 1. The van der Waals surface area contributed by atoms with E-state index in [2.05, 4.69) is 15.3 Å². The number of nitrogens with zero attached hydrogens (tertiary/aromatic N) is 3. The van der Waals surface area contributed by atoms with Crippen molar-refractivity contribution in [3.05, 3.63) is 66.5 Å². The van der Waals surface area contributed by atoms with Crippen LogP contribution in [0.1, 0.15) is 6.42 Å². The van der Waals surface area contributed by atoms with Gasteiger partial charge in [-0.15, -0.1) is 0 Å². The molecule has 2 aromatic carbocycles. The Balaban J connectivity index is 1.89. The third-order valence-corrected chi connectivity index (χ3v) is 4.93. The van der Waals surface area contributed by atoms with E-state index >= 15 is 0 Å². The Morgan fingerprint density at radius 3 is 2.53 bits per heavy atom. The highest BCUT2D eigenvalue weighted by atomic mass is 19.2. The Kier molecular flexibility index (Phi) is 6.51. The zero-order valence-electron chi connectivity index (χ0n) is 17.7. The summed E-state index contributed by atoms with van der Waals surface area (Å²) in [5, 5.41) is 3.80. The molecule has 4 rings (SSSR count). The van der Waals surface area contributed by atoms with Crippen molar-refractivity contribution in [2.24, 2.45) is 0 Å². The molecule has 164 valence electrons. The molecule has 0 saturated heterocycles. The van der Waals surface area contributed by atoms with Gasteiger partial charge in [0.1, 0.15) is 17.1 Å². The van der Waals surface area contributed by atoms with Crippen LogP contribution in [0.25, 0.3) is 33.4 Å². The van der Waals surface area contributed by atoms with Gasteiger partial charge in [-0.3, -0.25) is 4.98 Å². The minimum atomic E-state index is -0.915. The predicted octanol–water partition coefficient (Wildman–Crippen LogP) is 5.09. The molecule has 0 aliphatic carbocycles. The zero-order chi connectivity index (χ0) is 22.5. The van der Waals surface area contributed by atoms with E-state index in [0.29, 0.717) is 59.1 Å². The van der Waals surface area contributed by atoms with Crippen molar-refractivity contribution in [3.63, 3.8) is 0 Å². The van der Waals surface area contributed by atoms with E-state index in [1.54, 1.807) is 32.6 Å². The molecule has 1 N–H and O–H groups in total. The molecule has 4 aromatic rings. The number of rotatable bonds is 8. The Morgan fingerprint density at radius 2 is 1.81 bits per heavy atom. The molecule has 0 saturated carbocycles. The van der Waals surface area contributed by atoms with Gasteiger partial charge in [0, 0.05) is 50.5 Å². The number of aromatic nitrogens is 3. The van der Waals surface area contributed by atoms with Crippen LogP contribution in [-0.4, -0.2) is 42.3 Å². The molecule has 2 heterocycles. The summed E-state index contributed by atoms with van der Waals surface area (Å²) in [5.74, 6) is -0.215. The Labute approximate surface area is 184 Å².